The minimum atomic E-state index is -0.0925. The van der Waals surface area contributed by atoms with Gasteiger partial charge in [-0.2, -0.15) is 0 Å². The predicted octanol–water partition coefficient (Wildman–Crippen LogP) is 3.92. The van der Waals surface area contributed by atoms with Crippen LogP contribution in [0.3, 0.4) is 0 Å². The number of anilines is 1. The van der Waals surface area contributed by atoms with Gasteiger partial charge < -0.3 is 15.1 Å². The number of aromatic nitrogens is 1. The Labute approximate surface area is 192 Å². The third-order valence-electron chi connectivity index (χ3n) is 6.27. The quantitative estimate of drug-likeness (QED) is 0.647. The van der Waals surface area contributed by atoms with Crippen molar-refractivity contribution in [1.82, 2.24) is 15.2 Å². The van der Waals surface area contributed by atoms with E-state index in [2.05, 4.69) is 41.2 Å². The number of pyridine rings is 1. The Hall–Kier alpha value is -2.89. The number of carbonyl (C=O) groups is 2. The van der Waals surface area contributed by atoms with Crippen molar-refractivity contribution in [3.63, 3.8) is 0 Å². The van der Waals surface area contributed by atoms with Gasteiger partial charge >= 0.3 is 0 Å². The zero-order valence-corrected chi connectivity index (χ0v) is 19.6. The van der Waals surface area contributed by atoms with Crippen molar-refractivity contribution in [2.24, 2.45) is 5.92 Å². The first-order valence-electron chi connectivity index (χ1n) is 11.8. The van der Waals surface area contributed by atoms with Crippen molar-refractivity contribution in [2.45, 2.75) is 52.5 Å². The molecule has 0 saturated carbocycles. The number of aryl methyl sites for hydroxylation is 1. The van der Waals surface area contributed by atoms with E-state index in [1.807, 2.05) is 42.2 Å². The third-order valence-corrected chi connectivity index (χ3v) is 6.27. The van der Waals surface area contributed by atoms with Crippen LogP contribution in [0.2, 0.25) is 0 Å². The van der Waals surface area contributed by atoms with Gasteiger partial charge in [-0.05, 0) is 43.4 Å². The van der Waals surface area contributed by atoms with Crippen molar-refractivity contribution < 1.29 is 9.59 Å². The molecular weight excluding hydrogens is 400 g/mol. The van der Waals surface area contributed by atoms with Gasteiger partial charge in [-0.25, -0.2) is 4.98 Å². The first-order chi connectivity index (χ1) is 15.5. The van der Waals surface area contributed by atoms with E-state index in [-0.39, 0.29) is 17.9 Å². The summed E-state index contributed by atoms with van der Waals surface area (Å²) in [5.74, 6) is 1.44. The Morgan fingerprint density at radius 2 is 1.75 bits per heavy atom. The summed E-state index contributed by atoms with van der Waals surface area (Å²) < 4.78 is 0. The van der Waals surface area contributed by atoms with Crippen LogP contribution in [0.25, 0.3) is 0 Å². The van der Waals surface area contributed by atoms with Crippen LogP contribution in [0, 0.1) is 5.92 Å². The zero-order valence-electron chi connectivity index (χ0n) is 19.6. The molecule has 2 aromatic rings. The highest BCUT2D eigenvalue weighted by Gasteiger charge is 2.23. The van der Waals surface area contributed by atoms with Crippen molar-refractivity contribution in [3.8, 4) is 0 Å². The Morgan fingerprint density at radius 1 is 1.03 bits per heavy atom. The molecule has 1 N–H and O–H groups in total. The van der Waals surface area contributed by atoms with E-state index in [0.29, 0.717) is 17.9 Å². The highest BCUT2D eigenvalue weighted by atomic mass is 16.2. The standard InChI is InChI=1S/C26H36N4O2/c1-4-20(2)18-25(31)30-16-14-29(15-17-30)24-13-12-23(19-27-24)26(32)28-21(3)10-11-22-8-6-5-7-9-22/h5-9,12-13,19-21H,4,10-11,14-18H2,1-3H3,(H,28,32). The molecule has 1 saturated heterocycles. The van der Waals surface area contributed by atoms with E-state index in [1.54, 1.807) is 6.20 Å². The topological polar surface area (TPSA) is 65.5 Å². The van der Waals surface area contributed by atoms with E-state index >= 15 is 0 Å². The maximum Gasteiger partial charge on any atom is 0.253 e. The number of nitrogens with zero attached hydrogens (tertiary/aromatic N) is 3. The molecule has 2 amide bonds. The number of rotatable bonds is 9. The predicted molar refractivity (Wildman–Crippen MR) is 129 cm³/mol. The Balaban J connectivity index is 1.45. The van der Waals surface area contributed by atoms with Crippen LogP contribution in [-0.4, -0.2) is 53.9 Å². The second-order valence-corrected chi connectivity index (χ2v) is 8.89. The van der Waals surface area contributed by atoms with Crippen LogP contribution in [0.4, 0.5) is 5.82 Å². The number of amides is 2. The van der Waals surface area contributed by atoms with Gasteiger partial charge in [-0.1, -0.05) is 50.6 Å². The van der Waals surface area contributed by atoms with E-state index in [9.17, 15) is 9.59 Å². The molecule has 0 aliphatic carbocycles. The van der Waals surface area contributed by atoms with Gasteiger partial charge in [0.25, 0.3) is 5.91 Å². The van der Waals surface area contributed by atoms with E-state index in [4.69, 9.17) is 0 Å². The van der Waals surface area contributed by atoms with Crippen molar-refractivity contribution in [1.29, 1.82) is 0 Å². The molecule has 0 bridgehead atoms. The average molecular weight is 437 g/mol. The molecule has 1 aromatic heterocycles. The molecule has 0 spiro atoms. The summed E-state index contributed by atoms with van der Waals surface area (Å²) in [4.78, 5) is 33.6. The number of piperazine rings is 1. The maximum atomic E-state index is 12.6. The van der Waals surface area contributed by atoms with Gasteiger partial charge in [0.1, 0.15) is 5.82 Å². The fourth-order valence-electron chi connectivity index (χ4n) is 3.87. The number of nitrogens with one attached hydrogen (secondary N) is 1. The summed E-state index contributed by atoms with van der Waals surface area (Å²) in [7, 11) is 0. The molecule has 32 heavy (non-hydrogen) atoms. The molecule has 2 heterocycles. The molecule has 1 fully saturated rings. The normalized spacial score (nSPS) is 15.8. The molecule has 2 atom stereocenters. The SMILES string of the molecule is CCC(C)CC(=O)N1CCN(c2ccc(C(=O)NC(C)CCc3ccccc3)cn2)CC1. The van der Waals surface area contributed by atoms with Gasteiger partial charge in [-0.15, -0.1) is 0 Å². The Kier molecular flexibility index (Phi) is 8.65. The number of carbonyl (C=O) groups excluding carboxylic acids is 2. The fraction of sp³-hybridized carbons (Fsp3) is 0.500. The maximum absolute atomic E-state index is 12.6. The van der Waals surface area contributed by atoms with E-state index in [1.165, 1.54) is 5.56 Å². The van der Waals surface area contributed by atoms with Gasteiger partial charge in [0.05, 0.1) is 5.56 Å². The summed E-state index contributed by atoms with van der Waals surface area (Å²) in [5.41, 5.74) is 1.85. The monoisotopic (exact) mass is 436 g/mol. The van der Waals surface area contributed by atoms with Crippen LogP contribution in [-0.2, 0) is 11.2 Å². The molecule has 0 radical (unpaired) electrons. The number of benzene rings is 1. The van der Waals surface area contributed by atoms with Crippen molar-refractivity contribution in [2.75, 3.05) is 31.1 Å². The third kappa shape index (κ3) is 6.81. The molecule has 1 aromatic carbocycles. The molecule has 3 rings (SSSR count). The largest absolute Gasteiger partial charge is 0.353 e. The smallest absolute Gasteiger partial charge is 0.253 e. The molecule has 2 unspecified atom stereocenters. The molecule has 172 valence electrons. The minimum Gasteiger partial charge on any atom is -0.353 e. The summed E-state index contributed by atoms with van der Waals surface area (Å²) in [6.45, 7) is 9.25. The van der Waals surface area contributed by atoms with E-state index < -0.39 is 0 Å². The summed E-state index contributed by atoms with van der Waals surface area (Å²) in [6, 6.07) is 14.1. The molecule has 1 aliphatic heterocycles. The van der Waals surface area contributed by atoms with Crippen molar-refractivity contribution >= 4 is 17.6 Å². The summed E-state index contributed by atoms with van der Waals surface area (Å²) in [6.07, 6.45) is 5.13. The minimum absolute atomic E-state index is 0.0865. The van der Waals surface area contributed by atoms with Gasteiger partial charge in [-0.3, -0.25) is 9.59 Å². The second-order valence-electron chi connectivity index (χ2n) is 8.89. The van der Waals surface area contributed by atoms with Gasteiger partial charge in [0, 0.05) is 44.8 Å². The fourth-order valence-corrected chi connectivity index (χ4v) is 3.87. The highest BCUT2D eigenvalue weighted by molar-refractivity contribution is 5.94. The number of hydrogen-bond acceptors (Lipinski definition) is 4. The van der Waals surface area contributed by atoms with Crippen LogP contribution in [0.5, 0.6) is 0 Å². The number of hydrogen-bond donors (Lipinski definition) is 1. The van der Waals surface area contributed by atoms with Gasteiger partial charge in [0.2, 0.25) is 5.91 Å². The lowest BCUT2D eigenvalue weighted by Crippen LogP contribution is -2.49. The Bertz CT molecular complexity index is 861. The van der Waals surface area contributed by atoms with Gasteiger partial charge in [0.15, 0.2) is 0 Å². The van der Waals surface area contributed by atoms with Crippen LogP contribution in [0.1, 0.15) is 56.0 Å². The van der Waals surface area contributed by atoms with E-state index in [0.717, 1.165) is 51.3 Å². The Morgan fingerprint density at radius 3 is 2.38 bits per heavy atom. The first-order valence-corrected chi connectivity index (χ1v) is 11.8. The molecule has 1 aliphatic rings. The molecular formula is C26H36N4O2. The molecule has 6 heteroatoms. The molecule has 6 nitrogen and oxygen atoms in total. The lowest BCUT2D eigenvalue weighted by molar-refractivity contribution is -0.132. The lowest BCUT2D eigenvalue weighted by Gasteiger charge is -2.35. The van der Waals surface area contributed by atoms with Crippen LogP contribution >= 0.6 is 0 Å². The lowest BCUT2D eigenvalue weighted by atomic mass is 10.0. The average Bonchev–Trinajstić information content (AvgIpc) is 2.83. The summed E-state index contributed by atoms with van der Waals surface area (Å²) in [5, 5.41) is 3.07. The highest BCUT2D eigenvalue weighted by Crippen LogP contribution is 2.16. The first kappa shape index (κ1) is 23.8. The van der Waals surface area contributed by atoms with Crippen LogP contribution < -0.4 is 10.2 Å². The van der Waals surface area contributed by atoms with Crippen molar-refractivity contribution in [3.05, 3.63) is 59.8 Å². The summed E-state index contributed by atoms with van der Waals surface area (Å²) >= 11 is 0. The van der Waals surface area contributed by atoms with Crippen LogP contribution in [0.15, 0.2) is 48.7 Å². The second kappa shape index (κ2) is 11.7. The zero-order chi connectivity index (χ0) is 22.9.